The molecular weight excluding hydrogens is 260 g/mol. The van der Waals surface area contributed by atoms with Crippen LogP contribution in [0.15, 0.2) is 48.5 Å². The molecule has 0 spiro atoms. The van der Waals surface area contributed by atoms with E-state index in [9.17, 15) is 4.79 Å². The predicted octanol–water partition coefficient (Wildman–Crippen LogP) is 3.73. The molecule has 0 radical (unpaired) electrons. The van der Waals surface area contributed by atoms with Crippen LogP contribution in [-0.2, 0) is 10.2 Å². The summed E-state index contributed by atoms with van der Waals surface area (Å²) in [5, 5.41) is 4.17. The van der Waals surface area contributed by atoms with Gasteiger partial charge >= 0.3 is 0 Å². The van der Waals surface area contributed by atoms with Crippen molar-refractivity contribution in [1.29, 1.82) is 0 Å². The summed E-state index contributed by atoms with van der Waals surface area (Å²) in [6.07, 6.45) is 0. The zero-order valence-electron chi connectivity index (χ0n) is 12.0. The lowest BCUT2D eigenvalue weighted by Gasteiger charge is -2.22. The number of hydrogen-bond acceptors (Lipinski definition) is 1. The largest absolute Gasteiger partial charge is 0.357 e. The van der Waals surface area contributed by atoms with Crippen molar-refractivity contribution in [2.24, 2.45) is 0 Å². The van der Waals surface area contributed by atoms with Gasteiger partial charge in [-0.3, -0.25) is 4.79 Å². The van der Waals surface area contributed by atoms with E-state index in [1.165, 1.54) is 5.39 Å². The van der Waals surface area contributed by atoms with Crippen LogP contribution in [0.5, 0.6) is 0 Å². The average molecular weight is 276 g/mol. The Morgan fingerprint density at radius 3 is 2.52 bits per heavy atom. The molecule has 2 aromatic carbocycles. The number of aromatic amines is 1. The van der Waals surface area contributed by atoms with Crippen molar-refractivity contribution in [3.63, 3.8) is 0 Å². The molecule has 1 amide bonds. The molecule has 1 aliphatic rings. The number of aryl methyl sites for hydroxylation is 1. The zero-order valence-corrected chi connectivity index (χ0v) is 12.0. The van der Waals surface area contributed by atoms with E-state index < -0.39 is 5.41 Å². The molecule has 3 heteroatoms. The Hall–Kier alpha value is -2.55. The van der Waals surface area contributed by atoms with Gasteiger partial charge in [0, 0.05) is 22.3 Å². The van der Waals surface area contributed by atoms with Crippen LogP contribution in [0.4, 0.5) is 5.69 Å². The molecular formula is C18H16N2O. The van der Waals surface area contributed by atoms with Crippen molar-refractivity contribution in [2.75, 3.05) is 5.32 Å². The molecule has 2 heterocycles. The Balaban J connectivity index is 2.03. The summed E-state index contributed by atoms with van der Waals surface area (Å²) in [7, 11) is 0. The fourth-order valence-corrected chi connectivity index (χ4v) is 3.43. The normalized spacial score (nSPS) is 20.6. The standard InChI is InChI=1S/C18H16N2O/c1-11-12-7-3-5-9-14(12)19-16(11)18(2)13-8-4-6-10-15(13)20-17(18)21/h3-10,19H,1-2H3,(H,20,21). The maximum Gasteiger partial charge on any atom is 0.240 e. The first-order valence-corrected chi connectivity index (χ1v) is 7.11. The summed E-state index contributed by atoms with van der Waals surface area (Å²) >= 11 is 0. The first-order valence-electron chi connectivity index (χ1n) is 7.11. The third kappa shape index (κ3) is 1.46. The fraction of sp³-hybridized carbons (Fsp3) is 0.167. The van der Waals surface area contributed by atoms with Crippen LogP contribution in [0, 0.1) is 6.92 Å². The highest BCUT2D eigenvalue weighted by molar-refractivity contribution is 6.09. The van der Waals surface area contributed by atoms with Crippen molar-refractivity contribution in [3.8, 4) is 0 Å². The second kappa shape index (κ2) is 3.98. The number of para-hydroxylation sites is 2. The Morgan fingerprint density at radius 1 is 1.00 bits per heavy atom. The molecule has 3 aromatic rings. The number of amides is 1. The molecule has 1 aromatic heterocycles. The van der Waals surface area contributed by atoms with E-state index in [4.69, 9.17) is 0 Å². The number of carbonyl (C=O) groups excluding carboxylic acids is 1. The van der Waals surface area contributed by atoms with Crippen LogP contribution in [-0.4, -0.2) is 10.9 Å². The van der Waals surface area contributed by atoms with Crippen LogP contribution in [0.3, 0.4) is 0 Å². The van der Waals surface area contributed by atoms with Crippen LogP contribution in [0.1, 0.15) is 23.7 Å². The van der Waals surface area contributed by atoms with Crippen LogP contribution < -0.4 is 5.32 Å². The highest BCUT2D eigenvalue weighted by Gasteiger charge is 2.46. The smallest absolute Gasteiger partial charge is 0.240 e. The van der Waals surface area contributed by atoms with Crippen molar-refractivity contribution in [2.45, 2.75) is 19.3 Å². The predicted molar refractivity (Wildman–Crippen MR) is 84.6 cm³/mol. The number of H-pyrrole nitrogens is 1. The molecule has 104 valence electrons. The molecule has 0 fully saturated rings. The van der Waals surface area contributed by atoms with Gasteiger partial charge in [0.2, 0.25) is 5.91 Å². The molecule has 0 aliphatic carbocycles. The average Bonchev–Trinajstić information content (AvgIpc) is 2.97. The monoisotopic (exact) mass is 276 g/mol. The number of rotatable bonds is 1. The molecule has 2 N–H and O–H groups in total. The van der Waals surface area contributed by atoms with Crippen LogP contribution >= 0.6 is 0 Å². The molecule has 0 bridgehead atoms. The van der Waals surface area contributed by atoms with E-state index in [-0.39, 0.29) is 5.91 Å². The van der Waals surface area contributed by atoms with Gasteiger partial charge in [0.1, 0.15) is 5.41 Å². The first kappa shape index (κ1) is 12.2. The highest BCUT2D eigenvalue weighted by Crippen LogP contribution is 2.44. The molecule has 3 nitrogen and oxygen atoms in total. The van der Waals surface area contributed by atoms with Gasteiger partial charge in [0.05, 0.1) is 0 Å². The van der Waals surface area contributed by atoms with Gasteiger partial charge < -0.3 is 10.3 Å². The summed E-state index contributed by atoms with van der Waals surface area (Å²) in [5.74, 6) is 0.0263. The van der Waals surface area contributed by atoms with E-state index in [0.29, 0.717) is 0 Å². The SMILES string of the molecule is Cc1c(C2(C)C(=O)Nc3ccccc32)[nH]c2ccccc12. The summed E-state index contributed by atoms with van der Waals surface area (Å²) in [6.45, 7) is 4.07. The Bertz CT molecular complexity index is 878. The second-order valence-electron chi connectivity index (χ2n) is 5.80. The Kier molecular flexibility index (Phi) is 2.31. The molecule has 0 saturated carbocycles. The van der Waals surface area contributed by atoms with E-state index in [1.54, 1.807) is 0 Å². The minimum Gasteiger partial charge on any atom is -0.357 e. The number of nitrogens with one attached hydrogen (secondary N) is 2. The third-order valence-corrected chi connectivity index (χ3v) is 4.63. The quantitative estimate of drug-likeness (QED) is 0.699. The lowest BCUT2D eigenvalue weighted by atomic mass is 9.79. The van der Waals surface area contributed by atoms with Gasteiger partial charge in [-0.2, -0.15) is 0 Å². The third-order valence-electron chi connectivity index (χ3n) is 4.63. The Morgan fingerprint density at radius 2 is 1.71 bits per heavy atom. The number of fused-ring (bicyclic) bond motifs is 2. The van der Waals surface area contributed by atoms with Crippen molar-refractivity contribution < 1.29 is 4.79 Å². The van der Waals surface area contributed by atoms with Gasteiger partial charge in [0.25, 0.3) is 0 Å². The molecule has 21 heavy (non-hydrogen) atoms. The molecule has 4 rings (SSSR count). The number of benzene rings is 2. The van der Waals surface area contributed by atoms with Gasteiger partial charge in [-0.15, -0.1) is 0 Å². The van der Waals surface area contributed by atoms with Crippen molar-refractivity contribution >= 4 is 22.5 Å². The maximum absolute atomic E-state index is 12.7. The van der Waals surface area contributed by atoms with E-state index in [1.807, 2.05) is 49.4 Å². The zero-order chi connectivity index (χ0) is 14.6. The highest BCUT2D eigenvalue weighted by atomic mass is 16.2. The van der Waals surface area contributed by atoms with Gasteiger partial charge in [-0.25, -0.2) is 0 Å². The van der Waals surface area contributed by atoms with E-state index in [2.05, 4.69) is 23.3 Å². The minimum absolute atomic E-state index is 0.0263. The fourth-order valence-electron chi connectivity index (χ4n) is 3.43. The van der Waals surface area contributed by atoms with Gasteiger partial charge in [-0.05, 0) is 37.1 Å². The molecule has 1 aliphatic heterocycles. The lowest BCUT2D eigenvalue weighted by molar-refractivity contribution is -0.119. The second-order valence-corrected chi connectivity index (χ2v) is 5.80. The molecule has 1 unspecified atom stereocenters. The summed E-state index contributed by atoms with van der Waals surface area (Å²) in [4.78, 5) is 16.1. The number of anilines is 1. The summed E-state index contributed by atoms with van der Waals surface area (Å²) < 4.78 is 0. The molecule has 0 saturated heterocycles. The number of carbonyl (C=O) groups is 1. The van der Waals surface area contributed by atoms with Crippen molar-refractivity contribution in [3.05, 3.63) is 65.4 Å². The minimum atomic E-state index is -0.667. The van der Waals surface area contributed by atoms with E-state index in [0.717, 1.165) is 28.0 Å². The summed E-state index contributed by atoms with van der Waals surface area (Å²) in [5.41, 5.74) is 4.46. The topological polar surface area (TPSA) is 44.9 Å². The summed E-state index contributed by atoms with van der Waals surface area (Å²) in [6, 6.07) is 16.1. The van der Waals surface area contributed by atoms with Crippen LogP contribution in [0.25, 0.3) is 10.9 Å². The van der Waals surface area contributed by atoms with Crippen LogP contribution in [0.2, 0.25) is 0 Å². The van der Waals surface area contributed by atoms with E-state index >= 15 is 0 Å². The van der Waals surface area contributed by atoms with Gasteiger partial charge in [-0.1, -0.05) is 36.4 Å². The number of hydrogen-bond donors (Lipinski definition) is 2. The van der Waals surface area contributed by atoms with Crippen molar-refractivity contribution in [1.82, 2.24) is 4.98 Å². The maximum atomic E-state index is 12.7. The van der Waals surface area contributed by atoms with Gasteiger partial charge in [0.15, 0.2) is 0 Å². The number of aromatic nitrogens is 1. The first-order chi connectivity index (χ1) is 10.1. The Labute approximate surface area is 123 Å². The lowest BCUT2D eigenvalue weighted by Crippen LogP contribution is -2.33. The molecule has 1 atom stereocenters.